The van der Waals surface area contributed by atoms with Crippen molar-refractivity contribution in [1.29, 1.82) is 0 Å². The van der Waals surface area contributed by atoms with Crippen LogP contribution in [-0.4, -0.2) is 24.3 Å². The van der Waals surface area contributed by atoms with Crippen LogP contribution in [0.5, 0.6) is 5.75 Å². The number of para-hydroxylation sites is 1. The molecule has 8 heteroatoms. The molecule has 0 aliphatic carbocycles. The lowest BCUT2D eigenvalue weighted by molar-refractivity contribution is 0.102. The summed E-state index contributed by atoms with van der Waals surface area (Å²) in [6.45, 7) is 0. The van der Waals surface area contributed by atoms with Gasteiger partial charge in [-0.05, 0) is 42.7 Å². The number of aromatic nitrogens is 1. The maximum atomic E-state index is 12.9. The van der Waals surface area contributed by atoms with E-state index in [4.69, 9.17) is 9.15 Å². The highest BCUT2D eigenvalue weighted by atomic mass is 32.2. The molecule has 0 fully saturated rings. The van der Waals surface area contributed by atoms with E-state index in [2.05, 4.69) is 15.3 Å². The van der Waals surface area contributed by atoms with Gasteiger partial charge in [0.15, 0.2) is 16.5 Å². The minimum Gasteiger partial charge on any atom is -0.493 e. The smallest absolute Gasteiger partial charge is 0.262 e. The third-order valence-corrected chi connectivity index (χ3v) is 5.59. The number of thioether (sulfide) groups is 1. The average Bonchev–Trinajstić information content (AvgIpc) is 3.26. The van der Waals surface area contributed by atoms with E-state index in [1.54, 1.807) is 42.6 Å². The van der Waals surface area contributed by atoms with Crippen molar-refractivity contribution in [2.45, 2.75) is 4.90 Å². The molecule has 4 aromatic rings. The van der Waals surface area contributed by atoms with Crippen LogP contribution < -0.4 is 15.6 Å². The van der Waals surface area contributed by atoms with Crippen LogP contribution in [0.15, 0.2) is 74.4 Å². The average molecular weight is 424 g/mol. The second-order valence-electron chi connectivity index (χ2n) is 5.95. The van der Waals surface area contributed by atoms with E-state index < -0.39 is 0 Å². The summed E-state index contributed by atoms with van der Waals surface area (Å²) >= 11 is 2.99. The number of methoxy groups -OCH3 is 1. The maximum Gasteiger partial charge on any atom is 0.262 e. The number of thiazole rings is 1. The Bertz CT molecular complexity index is 1220. The van der Waals surface area contributed by atoms with E-state index in [-0.39, 0.29) is 11.5 Å². The first-order valence-corrected chi connectivity index (χ1v) is 10.8. The van der Waals surface area contributed by atoms with Gasteiger partial charge in [0.25, 0.3) is 5.91 Å². The molecule has 146 valence electrons. The van der Waals surface area contributed by atoms with Gasteiger partial charge in [-0.25, -0.2) is 9.98 Å². The van der Waals surface area contributed by atoms with Gasteiger partial charge in [-0.2, -0.15) is 0 Å². The van der Waals surface area contributed by atoms with E-state index in [0.717, 1.165) is 10.3 Å². The molecule has 0 saturated heterocycles. The first kappa shape index (κ1) is 19.2. The van der Waals surface area contributed by atoms with Crippen molar-refractivity contribution in [3.05, 3.63) is 71.2 Å². The first-order chi connectivity index (χ1) is 14.2. The fraction of sp³-hybridized carbons (Fsp3) is 0.0952. The van der Waals surface area contributed by atoms with Crippen molar-refractivity contribution in [2.75, 3.05) is 18.7 Å². The highest BCUT2D eigenvalue weighted by Crippen LogP contribution is 2.25. The topological polar surface area (TPSA) is 76.7 Å². The fourth-order valence-corrected chi connectivity index (χ4v) is 3.69. The second kappa shape index (κ2) is 8.50. The minimum atomic E-state index is -0.340. The van der Waals surface area contributed by atoms with E-state index in [1.807, 2.05) is 42.7 Å². The molecule has 0 radical (unpaired) electrons. The maximum absolute atomic E-state index is 12.9. The van der Waals surface area contributed by atoms with Crippen molar-refractivity contribution in [1.82, 2.24) is 4.98 Å². The van der Waals surface area contributed by atoms with Crippen LogP contribution in [-0.2, 0) is 0 Å². The van der Waals surface area contributed by atoms with E-state index >= 15 is 0 Å². The van der Waals surface area contributed by atoms with Crippen molar-refractivity contribution < 1.29 is 13.9 Å². The number of ether oxygens (including phenoxy) is 1. The zero-order valence-electron chi connectivity index (χ0n) is 15.7. The number of benzene rings is 2. The molecule has 0 saturated carbocycles. The molecule has 2 heterocycles. The van der Waals surface area contributed by atoms with Gasteiger partial charge < -0.3 is 9.15 Å². The summed E-state index contributed by atoms with van der Waals surface area (Å²) in [7, 11) is 1.57. The number of carbonyl (C=O) groups excluding carboxylic acids is 1. The van der Waals surface area contributed by atoms with Crippen molar-refractivity contribution in [2.24, 2.45) is 4.99 Å². The highest BCUT2D eigenvalue weighted by Gasteiger charge is 2.15. The van der Waals surface area contributed by atoms with Gasteiger partial charge in [0, 0.05) is 21.9 Å². The number of hydrogen-bond acceptors (Lipinski definition) is 7. The van der Waals surface area contributed by atoms with Gasteiger partial charge in [0.2, 0.25) is 5.55 Å². The Labute approximate surface area is 175 Å². The summed E-state index contributed by atoms with van der Waals surface area (Å²) < 4.78 is 11.4. The summed E-state index contributed by atoms with van der Waals surface area (Å²) in [5.74, 6) is 0.233. The van der Waals surface area contributed by atoms with Gasteiger partial charge in [-0.3, -0.25) is 10.1 Å². The molecule has 2 aromatic heterocycles. The molecule has 1 N–H and O–H groups in total. The van der Waals surface area contributed by atoms with E-state index in [0.29, 0.717) is 27.7 Å². The molecular formula is C21H17N3O3S2. The second-order valence-corrected chi connectivity index (χ2v) is 7.72. The Kier molecular flexibility index (Phi) is 5.64. The Balaban J connectivity index is 1.88. The molecule has 0 bridgehead atoms. The standard InChI is InChI=1S/C21H17N3O3S2/c1-26-17-5-3-4-13-12-16(19(25)24-21-22-10-11-29-21)20(27-18(13)17)23-14-6-8-15(28-2)9-7-14/h3-12H,1-2H3,(H,22,24,25). The monoisotopic (exact) mass is 423 g/mol. The molecule has 4 rings (SSSR count). The number of hydrogen-bond donors (Lipinski definition) is 1. The molecule has 1 amide bonds. The molecule has 0 atom stereocenters. The Morgan fingerprint density at radius 2 is 2.07 bits per heavy atom. The first-order valence-electron chi connectivity index (χ1n) is 8.68. The number of fused-ring (bicyclic) bond motifs is 1. The zero-order chi connectivity index (χ0) is 20.2. The Hall–Kier alpha value is -3.10. The minimum absolute atomic E-state index is 0.202. The largest absolute Gasteiger partial charge is 0.493 e. The number of nitrogens with one attached hydrogen (secondary N) is 1. The predicted molar refractivity (Wildman–Crippen MR) is 116 cm³/mol. The van der Waals surface area contributed by atoms with Crippen LogP contribution in [0.4, 0.5) is 10.8 Å². The number of nitrogens with zero attached hydrogens (tertiary/aromatic N) is 2. The molecule has 0 unspecified atom stereocenters. The molecule has 6 nitrogen and oxygen atoms in total. The third kappa shape index (κ3) is 4.18. The van der Waals surface area contributed by atoms with Gasteiger partial charge in [0.05, 0.1) is 12.8 Å². The number of carbonyl (C=O) groups is 1. The van der Waals surface area contributed by atoms with Gasteiger partial charge >= 0.3 is 0 Å². The van der Waals surface area contributed by atoms with Crippen molar-refractivity contribution >= 4 is 50.8 Å². The molecular weight excluding hydrogens is 406 g/mol. The van der Waals surface area contributed by atoms with Crippen LogP contribution in [0.3, 0.4) is 0 Å². The lowest BCUT2D eigenvalue weighted by Crippen LogP contribution is -2.21. The molecule has 29 heavy (non-hydrogen) atoms. The molecule has 0 spiro atoms. The fourth-order valence-electron chi connectivity index (χ4n) is 2.75. The van der Waals surface area contributed by atoms with Crippen LogP contribution in [0, 0.1) is 0 Å². The summed E-state index contributed by atoms with van der Waals surface area (Å²) in [5.41, 5.74) is 1.73. The van der Waals surface area contributed by atoms with Gasteiger partial charge in [0.1, 0.15) is 5.56 Å². The molecule has 0 aliphatic rings. The lowest BCUT2D eigenvalue weighted by atomic mass is 10.1. The van der Waals surface area contributed by atoms with Crippen LogP contribution in [0.1, 0.15) is 10.4 Å². The summed E-state index contributed by atoms with van der Waals surface area (Å²) in [5, 5.41) is 5.84. The lowest BCUT2D eigenvalue weighted by Gasteiger charge is -2.08. The number of anilines is 1. The van der Waals surface area contributed by atoms with Crippen LogP contribution in [0.25, 0.3) is 11.0 Å². The van der Waals surface area contributed by atoms with E-state index in [9.17, 15) is 4.79 Å². The molecule has 0 aliphatic heterocycles. The number of rotatable bonds is 5. The van der Waals surface area contributed by atoms with Crippen LogP contribution in [0.2, 0.25) is 0 Å². The normalized spacial score (nSPS) is 11.6. The van der Waals surface area contributed by atoms with Crippen LogP contribution >= 0.6 is 23.1 Å². The third-order valence-electron chi connectivity index (χ3n) is 4.16. The number of amides is 1. The summed E-state index contributed by atoms with van der Waals surface area (Å²) in [6, 6.07) is 15.0. The zero-order valence-corrected chi connectivity index (χ0v) is 17.3. The van der Waals surface area contributed by atoms with Crippen molar-refractivity contribution in [3.63, 3.8) is 0 Å². The van der Waals surface area contributed by atoms with Gasteiger partial charge in [-0.1, -0.05) is 12.1 Å². The van der Waals surface area contributed by atoms with Gasteiger partial charge in [-0.15, -0.1) is 23.1 Å². The quantitative estimate of drug-likeness (QED) is 0.452. The SMILES string of the molecule is COc1cccc2cc(C(=O)Nc3nccs3)c(=Nc3ccc(SC)cc3)oc12. The Morgan fingerprint density at radius 1 is 1.24 bits per heavy atom. The predicted octanol–water partition coefficient (Wildman–Crippen LogP) is 5.10. The Morgan fingerprint density at radius 3 is 2.76 bits per heavy atom. The highest BCUT2D eigenvalue weighted by molar-refractivity contribution is 7.98. The summed E-state index contributed by atoms with van der Waals surface area (Å²) in [4.78, 5) is 22.7. The summed E-state index contributed by atoms with van der Waals surface area (Å²) in [6.07, 6.45) is 3.65. The van der Waals surface area contributed by atoms with E-state index in [1.165, 1.54) is 11.3 Å². The van der Waals surface area contributed by atoms with Crippen molar-refractivity contribution in [3.8, 4) is 5.75 Å². The molecule has 2 aromatic carbocycles.